The van der Waals surface area contributed by atoms with Crippen molar-refractivity contribution >= 4 is 23.5 Å². The third kappa shape index (κ3) is 2.90. The van der Waals surface area contributed by atoms with Crippen molar-refractivity contribution in [3.63, 3.8) is 0 Å². The first kappa shape index (κ1) is 17.9. The molecule has 0 radical (unpaired) electrons. The highest BCUT2D eigenvalue weighted by Crippen LogP contribution is 2.39. The van der Waals surface area contributed by atoms with Crippen LogP contribution in [0.1, 0.15) is 41.5 Å². The number of aryl methyl sites for hydroxylation is 3. The topological polar surface area (TPSA) is 78.5 Å². The van der Waals surface area contributed by atoms with Gasteiger partial charge >= 0.3 is 6.03 Å². The van der Waals surface area contributed by atoms with Crippen molar-refractivity contribution in [1.82, 2.24) is 10.2 Å². The van der Waals surface area contributed by atoms with E-state index in [1.165, 1.54) is 11.1 Å². The average molecular weight is 389 g/mol. The number of hydrogen-bond donors (Lipinski definition) is 2. The smallest absolute Gasteiger partial charge is 0.325 e. The Morgan fingerprint density at radius 3 is 2.69 bits per heavy atom. The van der Waals surface area contributed by atoms with Crippen LogP contribution in [0, 0.1) is 0 Å². The SMILES string of the molecule is O=C(CN1C(=O)N[C@@]2(CCCc3ccccc32)C1=O)Nc1ccc2c(c1)CCC2. The third-order valence-corrected chi connectivity index (χ3v) is 6.33. The fraction of sp³-hybridized carbons (Fsp3) is 0.348. The van der Waals surface area contributed by atoms with E-state index in [1.54, 1.807) is 0 Å². The highest BCUT2D eigenvalue weighted by atomic mass is 16.2. The summed E-state index contributed by atoms with van der Waals surface area (Å²) in [6, 6.07) is 13.1. The molecule has 148 valence electrons. The molecule has 1 spiro atoms. The molecule has 2 aliphatic carbocycles. The predicted octanol–water partition coefficient (Wildman–Crippen LogP) is 2.90. The second-order valence-electron chi connectivity index (χ2n) is 8.12. The van der Waals surface area contributed by atoms with E-state index in [9.17, 15) is 14.4 Å². The number of nitrogens with zero attached hydrogens (tertiary/aromatic N) is 1. The number of benzene rings is 2. The molecule has 29 heavy (non-hydrogen) atoms. The van der Waals surface area contributed by atoms with Crippen LogP contribution in [0.5, 0.6) is 0 Å². The number of anilines is 1. The number of urea groups is 1. The molecule has 0 aromatic heterocycles. The van der Waals surface area contributed by atoms with E-state index in [1.807, 2.05) is 42.5 Å². The zero-order valence-electron chi connectivity index (χ0n) is 16.2. The summed E-state index contributed by atoms with van der Waals surface area (Å²) in [6.07, 6.45) is 5.50. The van der Waals surface area contributed by atoms with Gasteiger partial charge in [0, 0.05) is 5.69 Å². The summed E-state index contributed by atoms with van der Waals surface area (Å²) in [6.45, 7) is -0.286. The third-order valence-electron chi connectivity index (χ3n) is 6.33. The average Bonchev–Trinajstić information content (AvgIpc) is 3.27. The van der Waals surface area contributed by atoms with Crippen molar-refractivity contribution in [2.24, 2.45) is 0 Å². The minimum absolute atomic E-state index is 0.286. The monoisotopic (exact) mass is 389 g/mol. The van der Waals surface area contributed by atoms with E-state index in [4.69, 9.17) is 0 Å². The van der Waals surface area contributed by atoms with Crippen LogP contribution in [0.15, 0.2) is 42.5 Å². The molecule has 2 N–H and O–H groups in total. The maximum absolute atomic E-state index is 13.3. The van der Waals surface area contributed by atoms with E-state index in [-0.39, 0.29) is 18.4 Å². The molecule has 2 aromatic carbocycles. The molecule has 1 atom stereocenters. The second kappa shape index (κ2) is 6.72. The molecular formula is C23H23N3O3. The maximum atomic E-state index is 13.3. The maximum Gasteiger partial charge on any atom is 0.325 e. The van der Waals surface area contributed by atoms with E-state index >= 15 is 0 Å². The predicted molar refractivity (Wildman–Crippen MR) is 108 cm³/mol. The van der Waals surface area contributed by atoms with Gasteiger partial charge in [-0.05, 0) is 72.9 Å². The van der Waals surface area contributed by atoms with E-state index in [0.717, 1.165) is 48.1 Å². The van der Waals surface area contributed by atoms with Gasteiger partial charge in [-0.15, -0.1) is 0 Å². The van der Waals surface area contributed by atoms with Gasteiger partial charge in [-0.3, -0.25) is 14.5 Å². The summed E-state index contributed by atoms with van der Waals surface area (Å²) in [5.41, 5.74) is 4.19. The van der Waals surface area contributed by atoms with Crippen LogP contribution in [-0.4, -0.2) is 29.3 Å². The highest BCUT2D eigenvalue weighted by molar-refractivity contribution is 6.10. The lowest BCUT2D eigenvalue weighted by Crippen LogP contribution is -2.47. The van der Waals surface area contributed by atoms with Crippen LogP contribution in [0.4, 0.5) is 10.5 Å². The van der Waals surface area contributed by atoms with E-state index in [2.05, 4.69) is 10.6 Å². The van der Waals surface area contributed by atoms with Crippen molar-refractivity contribution in [3.05, 3.63) is 64.7 Å². The van der Waals surface area contributed by atoms with Crippen molar-refractivity contribution in [1.29, 1.82) is 0 Å². The molecule has 6 heteroatoms. The van der Waals surface area contributed by atoms with Gasteiger partial charge in [-0.2, -0.15) is 0 Å². The molecule has 0 saturated carbocycles. The van der Waals surface area contributed by atoms with Crippen LogP contribution in [0.3, 0.4) is 0 Å². The Hall–Kier alpha value is -3.15. The Morgan fingerprint density at radius 1 is 1.00 bits per heavy atom. The van der Waals surface area contributed by atoms with Gasteiger partial charge < -0.3 is 10.6 Å². The second-order valence-corrected chi connectivity index (χ2v) is 8.12. The normalized spacial score (nSPS) is 22.4. The van der Waals surface area contributed by atoms with Crippen molar-refractivity contribution in [2.45, 2.75) is 44.1 Å². The van der Waals surface area contributed by atoms with Gasteiger partial charge in [0.25, 0.3) is 5.91 Å². The minimum atomic E-state index is -1.04. The quantitative estimate of drug-likeness (QED) is 0.793. The molecule has 1 saturated heterocycles. The van der Waals surface area contributed by atoms with Gasteiger partial charge in [0.2, 0.25) is 5.91 Å². The number of hydrogen-bond acceptors (Lipinski definition) is 3. The molecular weight excluding hydrogens is 366 g/mol. The summed E-state index contributed by atoms with van der Waals surface area (Å²) < 4.78 is 0. The van der Waals surface area contributed by atoms with Gasteiger partial charge in [0.1, 0.15) is 12.1 Å². The summed E-state index contributed by atoms with van der Waals surface area (Å²) in [5, 5.41) is 5.72. The van der Waals surface area contributed by atoms with Crippen molar-refractivity contribution in [2.75, 3.05) is 11.9 Å². The van der Waals surface area contributed by atoms with E-state index in [0.29, 0.717) is 12.1 Å². The van der Waals surface area contributed by atoms with Crippen molar-refractivity contribution in [3.8, 4) is 0 Å². The molecule has 1 fully saturated rings. The number of rotatable bonds is 3. The van der Waals surface area contributed by atoms with Gasteiger partial charge in [-0.25, -0.2) is 4.79 Å². The van der Waals surface area contributed by atoms with Gasteiger partial charge in [0.05, 0.1) is 0 Å². The Morgan fingerprint density at radius 2 is 1.79 bits per heavy atom. The molecule has 0 unspecified atom stereocenters. The standard InChI is InChI=1S/C23H23N3O3/c27-20(24-18-11-10-15-6-3-7-17(15)13-18)14-26-21(28)23(25-22(26)29)12-4-8-16-5-1-2-9-19(16)23/h1-2,5,9-11,13H,3-4,6-8,12,14H2,(H,24,27)(H,25,29)/t23-/m1/s1. The Balaban J connectivity index is 1.34. The van der Waals surface area contributed by atoms with Crippen LogP contribution < -0.4 is 10.6 Å². The van der Waals surface area contributed by atoms with Crippen LogP contribution in [-0.2, 0) is 34.4 Å². The Bertz CT molecular complexity index is 1030. The molecule has 5 rings (SSSR count). The summed E-state index contributed by atoms with van der Waals surface area (Å²) in [7, 11) is 0. The zero-order valence-corrected chi connectivity index (χ0v) is 16.2. The van der Waals surface area contributed by atoms with Crippen molar-refractivity contribution < 1.29 is 14.4 Å². The fourth-order valence-corrected chi connectivity index (χ4v) is 4.95. The fourth-order valence-electron chi connectivity index (χ4n) is 4.95. The summed E-state index contributed by atoms with van der Waals surface area (Å²) in [4.78, 5) is 39.5. The molecule has 0 bridgehead atoms. The molecule has 2 aromatic rings. The largest absolute Gasteiger partial charge is 0.325 e. The number of amides is 4. The summed E-state index contributed by atoms with van der Waals surface area (Å²) in [5.74, 6) is -0.702. The molecule has 3 aliphatic rings. The Kier molecular flexibility index (Phi) is 4.15. The minimum Gasteiger partial charge on any atom is -0.325 e. The van der Waals surface area contributed by atoms with Gasteiger partial charge in [0.15, 0.2) is 0 Å². The molecule has 1 aliphatic heterocycles. The first-order valence-corrected chi connectivity index (χ1v) is 10.2. The molecule has 1 heterocycles. The zero-order chi connectivity index (χ0) is 20.0. The first-order chi connectivity index (χ1) is 14.1. The van der Waals surface area contributed by atoms with Gasteiger partial charge in [-0.1, -0.05) is 30.3 Å². The van der Waals surface area contributed by atoms with Crippen LogP contribution in [0.2, 0.25) is 0 Å². The molecule has 6 nitrogen and oxygen atoms in total. The van der Waals surface area contributed by atoms with Crippen LogP contribution in [0.25, 0.3) is 0 Å². The lowest BCUT2D eigenvalue weighted by molar-refractivity contribution is -0.134. The Labute approximate surface area is 169 Å². The van der Waals surface area contributed by atoms with Crippen LogP contribution >= 0.6 is 0 Å². The number of carbonyl (C=O) groups is 3. The lowest BCUT2D eigenvalue weighted by Gasteiger charge is -2.33. The van der Waals surface area contributed by atoms with E-state index < -0.39 is 11.6 Å². The molecule has 4 amide bonds. The number of carbonyl (C=O) groups excluding carboxylic acids is 3. The number of nitrogens with one attached hydrogen (secondary N) is 2. The summed E-state index contributed by atoms with van der Waals surface area (Å²) >= 11 is 0. The number of imide groups is 1. The number of fused-ring (bicyclic) bond motifs is 3. The first-order valence-electron chi connectivity index (χ1n) is 10.2. The highest BCUT2D eigenvalue weighted by Gasteiger charge is 2.54. The lowest BCUT2D eigenvalue weighted by atomic mass is 9.76.